The minimum Gasteiger partial charge on any atom is -0.484 e. The molecule has 1 N–H and O–H groups in total. The van der Waals surface area contributed by atoms with E-state index < -0.39 is 0 Å². The van der Waals surface area contributed by atoms with Crippen molar-refractivity contribution in [2.24, 2.45) is 0 Å². The third-order valence-corrected chi connectivity index (χ3v) is 3.52. The molecule has 1 aliphatic carbocycles. The van der Waals surface area contributed by atoms with Crippen LogP contribution in [0.15, 0.2) is 36.4 Å². The summed E-state index contributed by atoms with van der Waals surface area (Å²) < 4.78 is 19.7. The van der Waals surface area contributed by atoms with E-state index in [1.165, 1.54) is 18.9 Å². The standard InChI is InChI=1S/C17H19FN2O/c1-12-4-2-6-15(20-12)11-21-17-13(5-3-7-16(17)18)10-19-14-8-9-14/h2-7,14,19H,8-11H2,1H3. The Morgan fingerprint density at radius 1 is 1.24 bits per heavy atom. The van der Waals surface area contributed by atoms with Crippen LogP contribution in [0.1, 0.15) is 29.8 Å². The number of nitrogens with one attached hydrogen (secondary N) is 1. The highest BCUT2D eigenvalue weighted by atomic mass is 19.1. The van der Waals surface area contributed by atoms with Gasteiger partial charge in [0.2, 0.25) is 0 Å². The number of para-hydroxylation sites is 1. The summed E-state index contributed by atoms with van der Waals surface area (Å²) in [6.07, 6.45) is 2.41. The van der Waals surface area contributed by atoms with Crippen molar-refractivity contribution in [3.63, 3.8) is 0 Å². The first-order valence-corrected chi connectivity index (χ1v) is 7.28. The maximum Gasteiger partial charge on any atom is 0.165 e. The summed E-state index contributed by atoms with van der Waals surface area (Å²) in [5.74, 6) is 0.00621. The molecule has 0 bridgehead atoms. The van der Waals surface area contributed by atoms with Gasteiger partial charge in [0.05, 0.1) is 5.69 Å². The van der Waals surface area contributed by atoms with Gasteiger partial charge in [0.1, 0.15) is 6.61 Å². The predicted molar refractivity (Wildman–Crippen MR) is 79.6 cm³/mol. The second kappa shape index (κ2) is 6.22. The van der Waals surface area contributed by atoms with Crippen molar-refractivity contribution < 1.29 is 9.13 Å². The number of halogens is 1. The van der Waals surface area contributed by atoms with E-state index >= 15 is 0 Å². The molecule has 2 aromatic rings. The summed E-state index contributed by atoms with van der Waals surface area (Å²) in [5, 5.41) is 3.39. The molecule has 3 rings (SSSR count). The van der Waals surface area contributed by atoms with Crippen LogP contribution in [-0.4, -0.2) is 11.0 Å². The summed E-state index contributed by atoms with van der Waals surface area (Å²) in [7, 11) is 0. The monoisotopic (exact) mass is 286 g/mol. The Labute approximate surface area is 124 Å². The van der Waals surface area contributed by atoms with Gasteiger partial charge in [-0.2, -0.15) is 0 Å². The van der Waals surface area contributed by atoms with Crippen LogP contribution in [0.25, 0.3) is 0 Å². The Morgan fingerprint density at radius 3 is 2.81 bits per heavy atom. The second-order valence-electron chi connectivity index (χ2n) is 5.44. The first kappa shape index (κ1) is 14.0. The number of aryl methyl sites for hydroxylation is 1. The normalized spacial score (nSPS) is 14.2. The highest BCUT2D eigenvalue weighted by molar-refractivity contribution is 5.35. The van der Waals surface area contributed by atoms with Crippen LogP contribution >= 0.6 is 0 Å². The van der Waals surface area contributed by atoms with Gasteiger partial charge >= 0.3 is 0 Å². The molecule has 1 aromatic carbocycles. The van der Waals surface area contributed by atoms with Gasteiger partial charge in [0.15, 0.2) is 11.6 Å². The molecule has 3 nitrogen and oxygen atoms in total. The Hall–Kier alpha value is -1.94. The molecule has 21 heavy (non-hydrogen) atoms. The molecule has 0 unspecified atom stereocenters. The second-order valence-corrected chi connectivity index (χ2v) is 5.44. The third kappa shape index (κ3) is 3.79. The van der Waals surface area contributed by atoms with E-state index in [4.69, 9.17) is 4.74 Å². The van der Waals surface area contributed by atoms with Crippen LogP contribution in [-0.2, 0) is 13.2 Å². The maximum atomic E-state index is 14.0. The van der Waals surface area contributed by atoms with E-state index in [1.54, 1.807) is 6.07 Å². The minimum absolute atomic E-state index is 0.277. The van der Waals surface area contributed by atoms with E-state index in [-0.39, 0.29) is 12.4 Å². The molecule has 110 valence electrons. The van der Waals surface area contributed by atoms with Crippen LogP contribution < -0.4 is 10.1 Å². The van der Waals surface area contributed by atoms with E-state index in [2.05, 4.69) is 10.3 Å². The SMILES string of the molecule is Cc1cccc(COc2c(F)cccc2CNC2CC2)n1. The van der Waals surface area contributed by atoms with Gasteiger partial charge in [-0.3, -0.25) is 4.98 Å². The van der Waals surface area contributed by atoms with Crippen LogP contribution in [0.5, 0.6) is 5.75 Å². The highest BCUT2D eigenvalue weighted by Gasteiger charge is 2.21. The van der Waals surface area contributed by atoms with Gasteiger partial charge in [-0.05, 0) is 38.0 Å². The van der Waals surface area contributed by atoms with Crippen LogP contribution in [0.3, 0.4) is 0 Å². The zero-order valence-electron chi connectivity index (χ0n) is 12.1. The van der Waals surface area contributed by atoms with Crippen LogP contribution in [0.4, 0.5) is 4.39 Å². The molecule has 0 amide bonds. The van der Waals surface area contributed by atoms with Crippen molar-refractivity contribution in [3.8, 4) is 5.75 Å². The van der Waals surface area contributed by atoms with Crippen molar-refractivity contribution in [3.05, 3.63) is 59.2 Å². The Kier molecular flexibility index (Phi) is 4.15. The first-order valence-electron chi connectivity index (χ1n) is 7.28. The number of ether oxygens (including phenoxy) is 1. The van der Waals surface area contributed by atoms with Crippen LogP contribution in [0.2, 0.25) is 0 Å². The number of hydrogen-bond donors (Lipinski definition) is 1. The molecule has 1 fully saturated rings. The number of pyridine rings is 1. The fourth-order valence-corrected chi connectivity index (χ4v) is 2.22. The lowest BCUT2D eigenvalue weighted by atomic mass is 10.2. The number of hydrogen-bond acceptors (Lipinski definition) is 3. The first-order chi connectivity index (χ1) is 10.2. The molecule has 0 aliphatic heterocycles. The van der Waals surface area contributed by atoms with Gasteiger partial charge in [-0.1, -0.05) is 18.2 Å². The topological polar surface area (TPSA) is 34.1 Å². The van der Waals surface area contributed by atoms with Crippen molar-refractivity contribution >= 4 is 0 Å². The maximum absolute atomic E-state index is 14.0. The lowest BCUT2D eigenvalue weighted by molar-refractivity contribution is 0.281. The lowest BCUT2D eigenvalue weighted by Crippen LogP contribution is -2.16. The molecule has 0 saturated heterocycles. The Balaban J connectivity index is 1.70. The average molecular weight is 286 g/mol. The minimum atomic E-state index is -0.322. The van der Waals surface area contributed by atoms with Gasteiger partial charge < -0.3 is 10.1 Å². The molecule has 1 heterocycles. The van der Waals surface area contributed by atoms with Crippen molar-refractivity contribution in [2.75, 3.05) is 0 Å². The Morgan fingerprint density at radius 2 is 2.05 bits per heavy atom. The molecule has 4 heteroatoms. The molecule has 1 aromatic heterocycles. The summed E-state index contributed by atoms with van der Waals surface area (Å²) in [4.78, 5) is 4.37. The third-order valence-electron chi connectivity index (χ3n) is 3.52. The van der Waals surface area contributed by atoms with Gasteiger partial charge in [0, 0.05) is 23.8 Å². The van der Waals surface area contributed by atoms with Gasteiger partial charge in [0.25, 0.3) is 0 Å². The molecular weight excluding hydrogens is 267 g/mol. The number of rotatable bonds is 6. The van der Waals surface area contributed by atoms with E-state index in [1.807, 2.05) is 31.2 Å². The number of aromatic nitrogens is 1. The molecule has 0 spiro atoms. The lowest BCUT2D eigenvalue weighted by Gasteiger charge is -2.13. The average Bonchev–Trinajstić information content (AvgIpc) is 3.28. The fourth-order valence-electron chi connectivity index (χ4n) is 2.22. The number of nitrogens with zero attached hydrogens (tertiary/aromatic N) is 1. The zero-order valence-corrected chi connectivity index (χ0v) is 12.1. The molecule has 0 atom stereocenters. The van der Waals surface area contributed by atoms with Crippen molar-refractivity contribution in [1.82, 2.24) is 10.3 Å². The van der Waals surface area contributed by atoms with E-state index in [9.17, 15) is 4.39 Å². The fraction of sp³-hybridized carbons (Fsp3) is 0.353. The molecule has 1 saturated carbocycles. The summed E-state index contributed by atoms with van der Waals surface area (Å²) >= 11 is 0. The molecule has 1 aliphatic rings. The number of benzene rings is 1. The smallest absolute Gasteiger partial charge is 0.165 e. The van der Waals surface area contributed by atoms with Gasteiger partial charge in [-0.15, -0.1) is 0 Å². The van der Waals surface area contributed by atoms with E-state index in [0.29, 0.717) is 18.3 Å². The molecule has 0 radical (unpaired) electrons. The molecular formula is C17H19FN2O. The summed E-state index contributed by atoms with van der Waals surface area (Å²) in [5.41, 5.74) is 2.59. The van der Waals surface area contributed by atoms with Crippen LogP contribution in [0, 0.1) is 12.7 Å². The zero-order chi connectivity index (χ0) is 14.7. The predicted octanol–water partition coefficient (Wildman–Crippen LogP) is 3.36. The largest absolute Gasteiger partial charge is 0.484 e. The highest BCUT2D eigenvalue weighted by Crippen LogP contribution is 2.25. The van der Waals surface area contributed by atoms with Gasteiger partial charge in [-0.25, -0.2) is 4.39 Å². The van der Waals surface area contributed by atoms with E-state index in [0.717, 1.165) is 17.0 Å². The summed E-state index contributed by atoms with van der Waals surface area (Å²) in [6, 6.07) is 11.4. The van der Waals surface area contributed by atoms with Crippen molar-refractivity contribution in [2.45, 2.75) is 39.0 Å². The van der Waals surface area contributed by atoms with Crippen molar-refractivity contribution in [1.29, 1.82) is 0 Å². The summed E-state index contributed by atoms with van der Waals surface area (Å²) in [6.45, 7) is 2.84. The quantitative estimate of drug-likeness (QED) is 0.884. The Bertz CT molecular complexity index is 626.